The van der Waals surface area contributed by atoms with Crippen molar-refractivity contribution in [2.45, 2.75) is 32.2 Å². The molecule has 3 heterocycles. The number of likely N-dealkylation sites (tertiary alicyclic amines) is 1. The molecule has 1 saturated heterocycles. The molecule has 2 aromatic heterocycles. The molecule has 1 unspecified atom stereocenters. The molecule has 0 aliphatic carbocycles. The van der Waals surface area contributed by atoms with Gasteiger partial charge in [0.05, 0.1) is 5.69 Å². The van der Waals surface area contributed by atoms with E-state index in [2.05, 4.69) is 57.5 Å². The van der Waals surface area contributed by atoms with E-state index in [0.717, 1.165) is 16.7 Å². The number of pyridine rings is 1. The van der Waals surface area contributed by atoms with Crippen LogP contribution in [0.1, 0.15) is 31.9 Å². The molecule has 3 rings (SSSR count). The number of rotatable bonds is 2. The van der Waals surface area contributed by atoms with Crippen molar-refractivity contribution in [1.29, 1.82) is 0 Å². The Balaban J connectivity index is 1.87. The number of hydrogen-bond donors (Lipinski definition) is 0. The van der Waals surface area contributed by atoms with E-state index in [-0.39, 0.29) is 0 Å². The molecule has 1 fully saturated rings. The van der Waals surface area contributed by atoms with Crippen molar-refractivity contribution in [2.75, 3.05) is 13.1 Å². The van der Waals surface area contributed by atoms with Crippen molar-refractivity contribution in [3.8, 4) is 0 Å². The summed E-state index contributed by atoms with van der Waals surface area (Å²) in [5, 5.41) is 0. The molecule has 96 valence electrons. The topological polar surface area (TPSA) is 20.5 Å². The number of halogens is 1. The summed E-state index contributed by atoms with van der Waals surface area (Å²) < 4.78 is 3.19. The maximum atomic E-state index is 4.76. The molecule has 1 aliphatic rings. The molecule has 0 radical (unpaired) electrons. The molecule has 18 heavy (non-hydrogen) atoms. The SMILES string of the molecule is CC(C)N1CCC(c2cn3ccc(Br)cc3n2)C1. The zero-order valence-corrected chi connectivity index (χ0v) is 12.4. The fourth-order valence-electron chi connectivity index (χ4n) is 2.67. The van der Waals surface area contributed by atoms with Crippen LogP contribution in [0.3, 0.4) is 0 Å². The molecule has 3 nitrogen and oxygen atoms in total. The molecule has 0 bridgehead atoms. The lowest BCUT2D eigenvalue weighted by atomic mass is 10.1. The van der Waals surface area contributed by atoms with Crippen LogP contribution in [0.2, 0.25) is 0 Å². The van der Waals surface area contributed by atoms with Crippen LogP contribution in [-0.4, -0.2) is 33.4 Å². The highest BCUT2D eigenvalue weighted by Gasteiger charge is 2.27. The second-order valence-electron chi connectivity index (χ2n) is 5.35. The van der Waals surface area contributed by atoms with Crippen LogP contribution in [0.4, 0.5) is 0 Å². The van der Waals surface area contributed by atoms with Gasteiger partial charge in [0.2, 0.25) is 0 Å². The summed E-state index contributed by atoms with van der Waals surface area (Å²) in [5.41, 5.74) is 2.26. The number of imidazole rings is 1. The van der Waals surface area contributed by atoms with Crippen LogP contribution in [0.15, 0.2) is 29.0 Å². The second kappa shape index (κ2) is 4.67. The molecule has 4 heteroatoms. The Hall–Kier alpha value is -0.870. The quantitative estimate of drug-likeness (QED) is 0.848. The van der Waals surface area contributed by atoms with Gasteiger partial charge in [-0.25, -0.2) is 4.98 Å². The Morgan fingerprint density at radius 2 is 2.28 bits per heavy atom. The zero-order valence-electron chi connectivity index (χ0n) is 10.8. The van der Waals surface area contributed by atoms with Crippen molar-refractivity contribution in [1.82, 2.24) is 14.3 Å². The molecule has 0 aromatic carbocycles. The van der Waals surface area contributed by atoms with E-state index in [0.29, 0.717) is 12.0 Å². The Morgan fingerprint density at radius 1 is 1.44 bits per heavy atom. The first-order valence-electron chi connectivity index (χ1n) is 6.51. The molecule has 0 N–H and O–H groups in total. The van der Waals surface area contributed by atoms with Crippen molar-refractivity contribution in [2.24, 2.45) is 0 Å². The van der Waals surface area contributed by atoms with Crippen LogP contribution in [0, 0.1) is 0 Å². The summed E-state index contributed by atoms with van der Waals surface area (Å²) >= 11 is 3.49. The standard InChI is InChI=1S/C14H18BrN3/c1-10(2)17-5-3-11(8-17)13-9-18-6-4-12(15)7-14(18)16-13/h4,6-7,9-11H,3,5,8H2,1-2H3. The van der Waals surface area contributed by atoms with Gasteiger partial charge >= 0.3 is 0 Å². The third-order valence-corrected chi connectivity index (χ3v) is 4.30. The third-order valence-electron chi connectivity index (χ3n) is 3.81. The molecule has 0 saturated carbocycles. The third kappa shape index (κ3) is 2.19. The molecule has 2 aromatic rings. The molecule has 0 spiro atoms. The maximum Gasteiger partial charge on any atom is 0.138 e. The summed E-state index contributed by atoms with van der Waals surface area (Å²) in [6.45, 7) is 6.87. The predicted octanol–water partition coefficient (Wildman–Crippen LogP) is 3.29. The van der Waals surface area contributed by atoms with Gasteiger partial charge in [0, 0.05) is 35.4 Å². The number of hydrogen-bond acceptors (Lipinski definition) is 2. The lowest BCUT2D eigenvalue weighted by Gasteiger charge is -2.19. The fourth-order valence-corrected chi connectivity index (χ4v) is 2.99. The summed E-state index contributed by atoms with van der Waals surface area (Å²) in [6.07, 6.45) is 5.46. The van der Waals surface area contributed by atoms with Gasteiger partial charge < -0.3 is 9.30 Å². The van der Waals surface area contributed by atoms with Crippen LogP contribution in [0.5, 0.6) is 0 Å². The average Bonchev–Trinajstić information content (AvgIpc) is 2.93. The zero-order chi connectivity index (χ0) is 12.7. The highest BCUT2D eigenvalue weighted by molar-refractivity contribution is 9.10. The van der Waals surface area contributed by atoms with Crippen LogP contribution >= 0.6 is 15.9 Å². The van der Waals surface area contributed by atoms with E-state index in [1.54, 1.807) is 0 Å². The largest absolute Gasteiger partial charge is 0.307 e. The van der Waals surface area contributed by atoms with Crippen molar-refractivity contribution in [3.63, 3.8) is 0 Å². The van der Waals surface area contributed by atoms with Crippen molar-refractivity contribution >= 4 is 21.6 Å². The van der Waals surface area contributed by atoms with E-state index in [4.69, 9.17) is 4.98 Å². The van der Waals surface area contributed by atoms with E-state index >= 15 is 0 Å². The highest BCUT2D eigenvalue weighted by atomic mass is 79.9. The normalized spacial score (nSPS) is 21.2. The molecule has 1 aliphatic heterocycles. The first kappa shape index (κ1) is 12.2. The Bertz CT molecular complexity index is 561. The molecular formula is C14H18BrN3. The maximum absolute atomic E-state index is 4.76. The van der Waals surface area contributed by atoms with Gasteiger partial charge in [-0.2, -0.15) is 0 Å². The molecular weight excluding hydrogens is 290 g/mol. The van der Waals surface area contributed by atoms with E-state index < -0.39 is 0 Å². The van der Waals surface area contributed by atoms with Crippen LogP contribution in [-0.2, 0) is 0 Å². The fraction of sp³-hybridized carbons (Fsp3) is 0.500. The predicted molar refractivity (Wildman–Crippen MR) is 77.0 cm³/mol. The number of aromatic nitrogens is 2. The first-order chi connectivity index (χ1) is 8.63. The minimum Gasteiger partial charge on any atom is -0.307 e. The van der Waals surface area contributed by atoms with Crippen LogP contribution in [0.25, 0.3) is 5.65 Å². The number of fused-ring (bicyclic) bond motifs is 1. The van der Waals surface area contributed by atoms with E-state index in [9.17, 15) is 0 Å². The Kier molecular flexibility index (Phi) is 3.16. The van der Waals surface area contributed by atoms with E-state index in [1.807, 2.05) is 6.07 Å². The Morgan fingerprint density at radius 3 is 3.00 bits per heavy atom. The summed E-state index contributed by atoms with van der Waals surface area (Å²) in [4.78, 5) is 7.29. The average molecular weight is 308 g/mol. The first-order valence-corrected chi connectivity index (χ1v) is 7.31. The minimum atomic E-state index is 0.589. The highest BCUT2D eigenvalue weighted by Crippen LogP contribution is 2.28. The lowest BCUT2D eigenvalue weighted by molar-refractivity contribution is 0.272. The molecule has 0 amide bonds. The van der Waals surface area contributed by atoms with Gasteiger partial charge in [-0.1, -0.05) is 15.9 Å². The monoisotopic (exact) mass is 307 g/mol. The van der Waals surface area contributed by atoms with E-state index in [1.165, 1.54) is 18.7 Å². The van der Waals surface area contributed by atoms with Gasteiger partial charge in [-0.15, -0.1) is 0 Å². The summed E-state index contributed by atoms with van der Waals surface area (Å²) in [7, 11) is 0. The van der Waals surface area contributed by atoms with Gasteiger partial charge in [0.15, 0.2) is 0 Å². The van der Waals surface area contributed by atoms with Crippen molar-refractivity contribution in [3.05, 3.63) is 34.7 Å². The summed E-state index contributed by atoms with van der Waals surface area (Å²) in [5.74, 6) is 0.589. The van der Waals surface area contributed by atoms with Gasteiger partial charge in [-0.05, 0) is 38.9 Å². The number of nitrogens with zero attached hydrogens (tertiary/aromatic N) is 3. The van der Waals surface area contributed by atoms with Gasteiger partial charge in [0.25, 0.3) is 0 Å². The lowest BCUT2D eigenvalue weighted by Crippen LogP contribution is -2.27. The van der Waals surface area contributed by atoms with Gasteiger partial charge in [-0.3, -0.25) is 0 Å². The minimum absolute atomic E-state index is 0.589. The summed E-state index contributed by atoms with van der Waals surface area (Å²) in [6, 6.07) is 4.76. The smallest absolute Gasteiger partial charge is 0.138 e. The van der Waals surface area contributed by atoms with Crippen molar-refractivity contribution < 1.29 is 0 Å². The molecule has 1 atom stereocenters. The Labute approximate surface area is 116 Å². The second-order valence-corrected chi connectivity index (χ2v) is 6.27. The van der Waals surface area contributed by atoms with Gasteiger partial charge in [0.1, 0.15) is 5.65 Å². The van der Waals surface area contributed by atoms with Crippen LogP contribution < -0.4 is 0 Å².